The third-order valence-corrected chi connectivity index (χ3v) is 4.40. The van der Waals surface area contributed by atoms with Crippen LogP contribution in [0.25, 0.3) is 0 Å². The van der Waals surface area contributed by atoms with E-state index < -0.39 is 0 Å². The fourth-order valence-corrected chi connectivity index (χ4v) is 3.09. The molecule has 0 bridgehead atoms. The largest absolute Gasteiger partial charge is 0.299 e. The second-order valence-electron chi connectivity index (χ2n) is 6.29. The molecule has 1 aliphatic carbocycles. The molecule has 17 heavy (non-hydrogen) atoms. The van der Waals surface area contributed by atoms with E-state index in [0.29, 0.717) is 12.2 Å². The van der Waals surface area contributed by atoms with Gasteiger partial charge in [0.2, 0.25) is 0 Å². The van der Waals surface area contributed by atoms with Gasteiger partial charge in [-0.05, 0) is 30.6 Å². The normalized spacial score (nSPS) is 30.4. The molecule has 1 saturated carbocycles. The van der Waals surface area contributed by atoms with Crippen LogP contribution in [0, 0.1) is 16.7 Å². The molecule has 0 radical (unpaired) electrons. The highest BCUT2D eigenvalue weighted by Crippen LogP contribution is 2.46. The standard InChI is InChI=1S/C16H26O/c1-6-9-16(13(3)7-2)11-8-10-15(4,5)12-14(16)17/h6-7,13H,1-2,8-12H2,3-5H3. The maximum absolute atomic E-state index is 12.6. The van der Waals surface area contributed by atoms with Gasteiger partial charge in [-0.15, -0.1) is 13.2 Å². The Labute approximate surface area is 106 Å². The van der Waals surface area contributed by atoms with Crippen molar-refractivity contribution in [2.24, 2.45) is 16.7 Å². The zero-order valence-corrected chi connectivity index (χ0v) is 11.6. The van der Waals surface area contributed by atoms with Crippen LogP contribution in [0.1, 0.15) is 52.9 Å². The molecule has 0 aromatic rings. The Hall–Kier alpha value is -0.850. The number of hydrogen-bond donors (Lipinski definition) is 0. The molecule has 0 aromatic heterocycles. The van der Waals surface area contributed by atoms with E-state index in [-0.39, 0.29) is 16.7 Å². The summed E-state index contributed by atoms with van der Waals surface area (Å²) >= 11 is 0. The minimum absolute atomic E-state index is 0.154. The summed E-state index contributed by atoms with van der Waals surface area (Å²) in [6.07, 6.45) is 8.56. The monoisotopic (exact) mass is 234 g/mol. The van der Waals surface area contributed by atoms with Crippen molar-refractivity contribution in [2.75, 3.05) is 0 Å². The average molecular weight is 234 g/mol. The van der Waals surface area contributed by atoms with E-state index in [2.05, 4.69) is 33.9 Å². The van der Waals surface area contributed by atoms with Crippen LogP contribution >= 0.6 is 0 Å². The highest BCUT2D eigenvalue weighted by atomic mass is 16.1. The number of rotatable bonds is 4. The molecule has 96 valence electrons. The lowest BCUT2D eigenvalue weighted by Gasteiger charge is -2.35. The maximum atomic E-state index is 12.6. The van der Waals surface area contributed by atoms with Gasteiger partial charge in [0, 0.05) is 11.8 Å². The minimum Gasteiger partial charge on any atom is -0.299 e. The van der Waals surface area contributed by atoms with Gasteiger partial charge < -0.3 is 0 Å². The predicted molar refractivity (Wildman–Crippen MR) is 73.9 cm³/mol. The first-order chi connectivity index (χ1) is 7.88. The summed E-state index contributed by atoms with van der Waals surface area (Å²) in [7, 11) is 0. The molecular weight excluding hydrogens is 208 g/mol. The molecule has 0 aliphatic heterocycles. The van der Waals surface area contributed by atoms with Crippen molar-refractivity contribution < 1.29 is 4.79 Å². The molecule has 0 N–H and O–H groups in total. The lowest BCUT2D eigenvalue weighted by atomic mass is 9.67. The molecule has 1 fully saturated rings. The van der Waals surface area contributed by atoms with Crippen molar-refractivity contribution in [3.8, 4) is 0 Å². The third kappa shape index (κ3) is 2.88. The summed E-state index contributed by atoms with van der Waals surface area (Å²) in [4.78, 5) is 12.6. The van der Waals surface area contributed by atoms with Crippen molar-refractivity contribution in [1.82, 2.24) is 0 Å². The van der Waals surface area contributed by atoms with E-state index in [1.54, 1.807) is 0 Å². The van der Waals surface area contributed by atoms with Gasteiger partial charge in [-0.1, -0.05) is 39.3 Å². The topological polar surface area (TPSA) is 17.1 Å². The van der Waals surface area contributed by atoms with Gasteiger partial charge in [-0.2, -0.15) is 0 Å². The van der Waals surface area contributed by atoms with Crippen molar-refractivity contribution in [1.29, 1.82) is 0 Å². The Balaban J connectivity index is 3.07. The number of carbonyl (C=O) groups excluding carboxylic acids is 1. The highest BCUT2D eigenvalue weighted by molar-refractivity contribution is 5.86. The van der Waals surface area contributed by atoms with Crippen LogP contribution in [0.2, 0.25) is 0 Å². The van der Waals surface area contributed by atoms with Crippen LogP contribution in [0.4, 0.5) is 0 Å². The molecule has 0 amide bonds. The third-order valence-electron chi connectivity index (χ3n) is 4.40. The molecule has 0 spiro atoms. The predicted octanol–water partition coefficient (Wildman–Crippen LogP) is 4.54. The number of ketones is 1. The number of carbonyl (C=O) groups is 1. The summed E-state index contributed by atoms with van der Waals surface area (Å²) < 4.78 is 0. The highest BCUT2D eigenvalue weighted by Gasteiger charge is 2.44. The van der Waals surface area contributed by atoms with Crippen LogP contribution in [-0.2, 0) is 4.79 Å². The second kappa shape index (κ2) is 5.20. The Morgan fingerprint density at radius 2 is 2.00 bits per heavy atom. The van der Waals surface area contributed by atoms with Crippen LogP contribution in [0.3, 0.4) is 0 Å². The smallest absolute Gasteiger partial charge is 0.140 e. The summed E-state index contributed by atoms with van der Waals surface area (Å²) in [6.45, 7) is 14.2. The first kappa shape index (κ1) is 14.2. The molecule has 0 heterocycles. The number of hydrogen-bond acceptors (Lipinski definition) is 1. The fourth-order valence-electron chi connectivity index (χ4n) is 3.09. The van der Waals surface area contributed by atoms with E-state index in [4.69, 9.17) is 0 Å². The SMILES string of the molecule is C=CCC1(C(C)C=C)CCCC(C)(C)CC1=O. The lowest BCUT2D eigenvalue weighted by Crippen LogP contribution is -2.36. The molecule has 1 nitrogen and oxygen atoms in total. The number of Topliss-reactive ketones (excluding diaryl/α,β-unsaturated/α-hetero) is 1. The Morgan fingerprint density at radius 1 is 1.35 bits per heavy atom. The van der Waals surface area contributed by atoms with Crippen LogP contribution in [0.5, 0.6) is 0 Å². The van der Waals surface area contributed by atoms with Crippen LogP contribution in [0.15, 0.2) is 25.3 Å². The molecule has 2 atom stereocenters. The summed E-state index contributed by atoms with van der Waals surface area (Å²) in [6, 6.07) is 0. The molecule has 0 aromatic carbocycles. The van der Waals surface area contributed by atoms with Crippen molar-refractivity contribution >= 4 is 5.78 Å². The molecule has 1 aliphatic rings. The summed E-state index contributed by atoms with van der Waals surface area (Å²) in [5, 5.41) is 0. The Kier molecular flexibility index (Phi) is 4.35. The Morgan fingerprint density at radius 3 is 2.53 bits per heavy atom. The van der Waals surface area contributed by atoms with Gasteiger partial charge in [0.1, 0.15) is 5.78 Å². The first-order valence-corrected chi connectivity index (χ1v) is 6.65. The zero-order valence-electron chi connectivity index (χ0n) is 11.6. The first-order valence-electron chi connectivity index (χ1n) is 6.65. The van der Waals surface area contributed by atoms with E-state index in [1.807, 2.05) is 12.2 Å². The van der Waals surface area contributed by atoms with Gasteiger partial charge in [0.25, 0.3) is 0 Å². The molecule has 1 heteroatoms. The number of allylic oxidation sites excluding steroid dienone is 2. The molecule has 1 rings (SSSR count). The molecule has 2 unspecified atom stereocenters. The van der Waals surface area contributed by atoms with Gasteiger partial charge in [0.05, 0.1) is 0 Å². The minimum atomic E-state index is -0.239. The van der Waals surface area contributed by atoms with E-state index in [0.717, 1.165) is 25.7 Å². The van der Waals surface area contributed by atoms with E-state index in [1.165, 1.54) is 0 Å². The summed E-state index contributed by atoms with van der Waals surface area (Å²) in [5.74, 6) is 0.647. The zero-order chi connectivity index (χ0) is 13.1. The molecule has 0 saturated heterocycles. The van der Waals surface area contributed by atoms with Gasteiger partial charge in [-0.3, -0.25) is 4.79 Å². The average Bonchev–Trinajstić information content (AvgIpc) is 2.35. The van der Waals surface area contributed by atoms with Crippen LogP contribution in [-0.4, -0.2) is 5.78 Å². The van der Waals surface area contributed by atoms with E-state index >= 15 is 0 Å². The van der Waals surface area contributed by atoms with Gasteiger partial charge >= 0.3 is 0 Å². The quantitative estimate of drug-likeness (QED) is 0.515. The van der Waals surface area contributed by atoms with Crippen molar-refractivity contribution in [2.45, 2.75) is 52.9 Å². The maximum Gasteiger partial charge on any atom is 0.140 e. The Bertz CT molecular complexity index is 313. The van der Waals surface area contributed by atoms with Crippen LogP contribution < -0.4 is 0 Å². The van der Waals surface area contributed by atoms with Crippen molar-refractivity contribution in [3.63, 3.8) is 0 Å². The molecular formula is C16H26O. The van der Waals surface area contributed by atoms with E-state index in [9.17, 15) is 4.79 Å². The van der Waals surface area contributed by atoms with Gasteiger partial charge in [-0.25, -0.2) is 0 Å². The summed E-state index contributed by atoms with van der Waals surface area (Å²) in [5.41, 5.74) is -0.0852. The van der Waals surface area contributed by atoms with Gasteiger partial charge in [0.15, 0.2) is 0 Å². The van der Waals surface area contributed by atoms with Crippen molar-refractivity contribution in [3.05, 3.63) is 25.3 Å². The lowest BCUT2D eigenvalue weighted by molar-refractivity contribution is -0.132. The second-order valence-corrected chi connectivity index (χ2v) is 6.29. The fraction of sp³-hybridized carbons (Fsp3) is 0.688.